The van der Waals surface area contributed by atoms with Crippen LogP contribution in [0.2, 0.25) is 0 Å². The summed E-state index contributed by atoms with van der Waals surface area (Å²) in [7, 11) is 0. The molecule has 0 spiro atoms. The van der Waals surface area contributed by atoms with Gasteiger partial charge in [-0.2, -0.15) is 4.37 Å². The number of fused-ring (bicyclic) bond motifs is 1. The molecule has 0 aliphatic carbocycles. The minimum Gasteiger partial charge on any atom is -0.454 e. The monoisotopic (exact) mass is 557 g/mol. The van der Waals surface area contributed by atoms with Gasteiger partial charge in [-0.25, -0.2) is 0 Å². The van der Waals surface area contributed by atoms with E-state index in [0.29, 0.717) is 22.6 Å². The Labute approximate surface area is 234 Å². The molecule has 5 rings (SSSR count). The van der Waals surface area contributed by atoms with Gasteiger partial charge >= 0.3 is 0 Å². The molecule has 0 radical (unpaired) electrons. The summed E-state index contributed by atoms with van der Waals surface area (Å²) in [4.78, 5) is 41.3. The average Bonchev–Trinajstić information content (AvgIpc) is 3.59. The number of hydrogen-bond donors (Lipinski definition) is 3. The van der Waals surface area contributed by atoms with Crippen LogP contribution < -0.4 is 26.3 Å². The van der Waals surface area contributed by atoms with Crippen molar-refractivity contribution in [2.75, 3.05) is 12.5 Å². The lowest BCUT2D eigenvalue weighted by molar-refractivity contribution is -0.126. The molecule has 1 atom stereocenters. The minimum atomic E-state index is -1.04. The molecule has 1 aliphatic rings. The lowest BCUT2D eigenvalue weighted by Gasteiger charge is -2.31. The number of ether oxygens (including phenoxy) is 2. The summed E-state index contributed by atoms with van der Waals surface area (Å²) in [6, 6.07) is 21.1. The van der Waals surface area contributed by atoms with Crippen LogP contribution in [0.15, 0.2) is 72.8 Å². The highest BCUT2D eigenvalue weighted by molar-refractivity contribution is 7.09. The van der Waals surface area contributed by atoms with Gasteiger partial charge in [0, 0.05) is 13.1 Å². The quantitative estimate of drug-likeness (QED) is 0.285. The topological polar surface area (TPSA) is 150 Å². The lowest BCUT2D eigenvalue weighted by atomic mass is 10.0. The molecule has 5 N–H and O–H groups in total. The van der Waals surface area contributed by atoms with Crippen LogP contribution in [0.25, 0.3) is 0 Å². The molecule has 4 aromatic rings. The molecule has 204 valence electrons. The number of nitrogen functional groups attached to an aromatic ring is 1. The van der Waals surface area contributed by atoms with Crippen LogP contribution in [0, 0.1) is 6.92 Å². The Morgan fingerprint density at radius 1 is 1.00 bits per heavy atom. The molecule has 3 aromatic carbocycles. The van der Waals surface area contributed by atoms with Crippen molar-refractivity contribution in [2.24, 2.45) is 5.73 Å². The van der Waals surface area contributed by atoms with Gasteiger partial charge in [0.25, 0.3) is 11.8 Å². The van der Waals surface area contributed by atoms with Crippen LogP contribution >= 0.6 is 11.5 Å². The zero-order chi connectivity index (χ0) is 28.2. The maximum atomic E-state index is 14.1. The third-order valence-electron chi connectivity index (χ3n) is 6.47. The van der Waals surface area contributed by atoms with Crippen molar-refractivity contribution in [3.05, 3.63) is 106 Å². The zero-order valence-corrected chi connectivity index (χ0v) is 22.4. The van der Waals surface area contributed by atoms with Gasteiger partial charge in [-0.05, 0) is 47.3 Å². The Kier molecular flexibility index (Phi) is 7.65. The number of amides is 3. The van der Waals surface area contributed by atoms with E-state index < -0.39 is 17.9 Å². The molecule has 40 heavy (non-hydrogen) atoms. The number of carbonyl (C=O) groups is 3. The Balaban J connectivity index is 1.56. The van der Waals surface area contributed by atoms with Crippen LogP contribution in [0.5, 0.6) is 11.5 Å². The Hall–Kier alpha value is -4.90. The molecule has 0 unspecified atom stereocenters. The predicted molar refractivity (Wildman–Crippen MR) is 150 cm³/mol. The first-order chi connectivity index (χ1) is 19.3. The van der Waals surface area contributed by atoms with Crippen LogP contribution in [0.3, 0.4) is 0 Å². The highest BCUT2D eigenvalue weighted by atomic mass is 32.1. The SMILES string of the molecule is Cc1ccc([C@H](C(=O)NCc2ccccc2)N(Cc2ccc3c(c2)OCO3)C(=O)c2snc(C(N)=O)c2N)cc1. The van der Waals surface area contributed by atoms with E-state index in [1.165, 1.54) is 4.90 Å². The van der Waals surface area contributed by atoms with E-state index in [2.05, 4.69) is 9.69 Å². The maximum absolute atomic E-state index is 14.1. The number of rotatable bonds is 9. The number of nitrogens with one attached hydrogen (secondary N) is 1. The number of anilines is 1. The third kappa shape index (κ3) is 5.59. The van der Waals surface area contributed by atoms with E-state index in [-0.39, 0.29) is 42.0 Å². The van der Waals surface area contributed by atoms with Gasteiger partial charge in [0.05, 0.1) is 5.69 Å². The van der Waals surface area contributed by atoms with Gasteiger partial charge in [0.2, 0.25) is 12.7 Å². The second-order valence-corrected chi connectivity index (χ2v) is 10.0. The van der Waals surface area contributed by atoms with Crippen molar-refractivity contribution in [3.8, 4) is 11.5 Å². The predicted octanol–water partition coefficient (Wildman–Crippen LogP) is 3.56. The molecule has 1 aliphatic heterocycles. The number of benzene rings is 3. The molecule has 3 amide bonds. The molecule has 0 saturated carbocycles. The fourth-order valence-electron chi connectivity index (χ4n) is 4.38. The number of nitrogens with two attached hydrogens (primary N) is 2. The van der Waals surface area contributed by atoms with Crippen LogP contribution in [0.1, 0.15) is 48.5 Å². The number of primary amides is 1. The summed E-state index contributed by atoms with van der Waals surface area (Å²) >= 11 is 0.765. The highest BCUT2D eigenvalue weighted by Gasteiger charge is 2.35. The summed E-state index contributed by atoms with van der Waals surface area (Å²) in [6.45, 7) is 2.33. The largest absolute Gasteiger partial charge is 0.454 e. The fraction of sp³-hybridized carbons (Fsp3) is 0.172. The van der Waals surface area contributed by atoms with E-state index >= 15 is 0 Å². The summed E-state index contributed by atoms with van der Waals surface area (Å²) in [5.74, 6) is -0.667. The van der Waals surface area contributed by atoms with E-state index in [9.17, 15) is 14.4 Å². The lowest BCUT2D eigenvalue weighted by Crippen LogP contribution is -2.43. The highest BCUT2D eigenvalue weighted by Crippen LogP contribution is 2.35. The molecule has 0 fully saturated rings. The second kappa shape index (κ2) is 11.5. The van der Waals surface area contributed by atoms with Crippen molar-refractivity contribution in [1.82, 2.24) is 14.6 Å². The Bertz CT molecular complexity index is 1560. The molecular weight excluding hydrogens is 530 g/mol. The van der Waals surface area contributed by atoms with Crippen LogP contribution in [0.4, 0.5) is 5.69 Å². The van der Waals surface area contributed by atoms with E-state index in [1.807, 2.05) is 61.5 Å². The molecule has 0 bridgehead atoms. The molecule has 1 aromatic heterocycles. The summed E-state index contributed by atoms with van der Waals surface area (Å²) in [5.41, 5.74) is 14.4. The van der Waals surface area contributed by atoms with Crippen molar-refractivity contribution in [3.63, 3.8) is 0 Å². The number of hydrogen-bond acceptors (Lipinski definition) is 8. The number of aryl methyl sites for hydroxylation is 1. The first-order valence-corrected chi connectivity index (χ1v) is 13.2. The summed E-state index contributed by atoms with van der Waals surface area (Å²) in [6.07, 6.45) is 0. The second-order valence-electron chi connectivity index (χ2n) is 9.28. The van der Waals surface area contributed by atoms with E-state index in [4.69, 9.17) is 20.9 Å². The van der Waals surface area contributed by atoms with Gasteiger partial charge in [0.15, 0.2) is 17.2 Å². The van der Waals surface area contributed by atoms with Gasteiger partial charge in [-0.1, -0.05) is 66.2 Å². The molecule has 11 heteroatoms. The zero-order valence-electron chi connectivity index (χ0n) is 21.6. The van der Waals surface area contributed by atoms with Crippen molar-refractivity contribution in [1.29, 1.82) is 0 Å². The maximum Gasteiger partial charge on any atom is 0.270 e. The van der Waals surface area contributed by atoms with Crippen molar-refractivity contribution >= 4 is 34.9 Å². The van der Waals surface area contributed by atoms with E-state index in [1.54, 1.807) is 18.2 Å². The number of nitrogens with zero attached hydrogens (tertiary/aromatic N) is 2. The molecule has 10 nitrogen and oxygen atoms in total. The molecule has 2 heterocycles. The number of aromatic nitrogens is 1. The summed E-state index contributed by atoms with van der Waals surface area (Å²) in [5, 5.41) is 2.97. The van der Waals surface area contributed by atoms with Gasteiger partial charge in [-0.3, -0.25) is 14.4 Å². The van der Waals surface area contributed by atoms with Crippen LogP contribution in [-0.4, -0.2) is 33.8 Å². The van der Waals surface area contributed by atoms with E-state index in [0.717, 1.165) is 22.7 Å². The summed E-state index contributed by atoms with van der Waals surface area (Å²) < 4.78 is 14.9. The van der Waals surface area contributed by atoms with Crippen molar-refractivity contribution in [2.45, 2.75) is 26.1 Å². The van der Waals surface area contributed by atoms with Gasteiger partial charge < -0.3 is 31.2 Å². The fourth-order valence-corrected chi connectivity index (χ4v) is 5.14. The minimum absolute atomic E-state index is 0.0162. The van der Waals surface area contributed by atoms with Gasteiger partial charge in [0.1, 0.15) is 10.9 Å². The first kappa shape index (κ1) is 26.7. The smallest absolute Gasteiger partial charge is 0.270 e. The average molecular weight is 558 g/mol. The Morgan fingerprint density at radius 3 is 2.42 bits per heavy atom. The number of carbonyl (C=O) groups excluding carboxylic acids is 3. The Morgan fingerprint density at radius 2 is 1.73 bits per heavy atom. The van der Waals surface area contributed by atoms with Crippen LogP contribution in [-0.2, 0) is 17.9 Å². The third-order valence-corrected chi connectivity index (χ3v) is 7.32. The normalized spacial score (nSPS) is 12.5. The van der Waals surface area contributed by atoms with Crippen molar-refractivity contribution < 1.29 is 23.9 Å². The first-order valence-electron chi connectivity index (χ1n) is 12.4. The standard InChI is InChI=1S/C29H27N5O5S/c1-17-7-10-20(11-8-17)25(28(36)32-14-18-5-3-2-4-6-18)34(15-19-9-12-21-22(13-19)39-16-38-21)29(37)26-23(30)24(27(31)35)33-40-26/h2-13,25H,14-16,30H2,1H3,(H2,31,35)(H,32,36)/t25-/m1/s1. The van der Waals surface area contributed by atoms with Gasteiger partial charge in [-0.15, -0.1) is 0 Å². The molecular formula is C29H27N5O5S. The molecule has 0 saturated heterocycles.